The zero-order chi connectivity index (χ0) is 20.0. The predicted molar refractivity (Wildman–Crippen MR) is 107 cm³/mol. The number of halogens is 2. The summed E-state index contributed by atoms with van der Waals surface area (Å²) in [6.07, 6.45) is 0.925. The van der Waals surface area contributed by atoms with Gasteiger partial charge in [0.25, 0.3) is 0 Å². The average Bonchev–Trinajstić information content (AvgIpc) is 3.21. The van der Waals surface area contributed by atoms with Crippen LogP contribution in [0.2, 0.25) is 0 Å². The minimum Gasteiger partial charge on any atom is -0.381 e. The van der Waals surface area contributed by atoms with E-state index in [0.29, 0.717) is 34.7 Å². The van der Waals surface area contributed by atoms with E-state index in [0.717, 1.165) is 30.8 Å². The molecule has 29 heavy (non-hydrogen) atoms. The number of hydrogen-bond acceptors (Lipinski definition) is 6. The summed E-state index contributed by atoms with van der Waals surface area (Å²) in [6, 6.07) is 5.61. The molecule has 152 valence electrons. The number of alkyl halides is 2. The minimum atomic E-state index is -2.40. The molecular formula is C20H22F2N6O. The predicted octanol–water partition coefficient (Wildman–Crippen LogP) is 3.94. The molecule has 9 heteroatoms. The van der Waals surface area contributed by atoms with Crippen molar-refractivity contribution in [2.45, 2.75) is 25.7 Å². The zero-order valence-corrected chi connectivity index (χ0v) is 15.8. The Morgan fingerprint density at radius 1 is 1.31 bits per heavy atom. The van der Waals surface area contributed by atoms with Gasteiger partial charge in [-0.05, 0) is 25.1 Å². The summed E-state index contributed by atoms with van der Waals surface area (Å²) in [5.41, 5.74) is 4.32. The molecule has 0 radical (unpaired) electrons. The molecule has 1 unspecified atom stereocenters. The van der Waals surface area contributed by atoms with Crippen LogP contribution in [0.3, 0.4) is 0 Å². The average molecular weight is 400 g/mol. The fourth-order valence-corrected chi connectivity index (χ4v) is 3.73. The number of hydrogen-bond donors (Lipinski definition) is 1. The van der Waals surface area contributed by atoms with Gasteiger partial charge in [-0.1, -0.05) is 0 Å². The van der Waals surface area contributed by atoms with Crippen LogP contribution in [0.5, 0.6) is 0 Å². The van der Waals surface area contributed by atoms with Crippen molar-refractivity contribution < 1.29 is 14.9 Å². The van der Waals surface area contributed by atoms with Crippen LogP contribution in [0.1, 0.15) is 26.4 Å². The van der Waals surface area contributed by atoms with Crippen molar-refractivity contribution in [3.8, 4) is 11.3 Å². The second-order valence-electron chi connectivity index (χ2n) is 7.46. The van der Waals surface area contributed by atoms with E-state index in [1.165, 1.54) is 0 Å². The maximum atomic E-state index is 13.0. The van der Waals surface area contributed by atoms with Crippen LogP contribution in [0.4, 0.5) is 20.4 Å². The Kier molecular flexibility index (Phi) is 4.46. The van der Waals surface area contributed by atoms with Crippen molar-refractivity contribution in [3.63, 3.8) is 0 Å². The Morgan fingerprint density at radius 3 is 2.93 bits per heavy atom. The lowest BCUT2D eigenvalue weighted by atomic mass is 9.97. The van der Waals surface area contributed by atoms with E-state index in [1.807, 2.05) is 24.4 Å². The summed E-state index contributed by atoms with van der Waals surface area (Å²) in [6.45, 7) is 4.09. The van der Waals surface area contributed by atoms with Crippen LogP contribution < -0.4 is 5.32 Å². The van der Waals surface area contributed by atoms with Crippen LogP contribution in [0, 0.1) is 5.92 Å². The first-order chi connectivity index (χ1) is 14.1. The fourth-order valence-electron chi connectivity index (χ4n) is 3.73. The largest absolute Gasteiger partial charge is 0.381 e. The molecule has 0 bridgehead atoms. The number of aliphatic imine (C=N–C) groups is 1. The molecule has 1 fully saturated rings. The van der Waals surface area contributed by atoms with Crippen molar-refractivity contribution in [2.24, 2.45) is 10.9 Å². The Hall–Kier alpha value is -2.94. The van der Waals surface area contributed by atoms with Gasteiger partial charge in [-0.25, -0.2) is 23.3 Å². The summed E-state index contributed by atoms with van der Waals surface area (Å²) in [4.78, 5) is 13.5. The molecule has 2 aliphatic rings. The molecule has 3 aromatic heterocycles. The third kappa shape index (κ3) is 3.35. The number of aromatic nitrogens is 4. The first-order valence-electron chi connectivity index (χ1n) is 9.59. The highest BCUT2D eigenvalue weighted by atomic mass is 19.3. The van der Waals surface area contributed by atoms with Gasteiger partial charge >= 0.3 is 0 Å². The lowest BCUT2D eigenvalue weighted by Crippen LogP contribution is -2.33. The summed E-state index contributed by atoms with van der Waals surface area (Å²) in [5, 5.41) is 7.72. The van der Waals surface area contributed by atoms with Crippen LogP contribution >= 0.6 is 0 Å². The number of ether oxygens (including phenoxy) is 1. The number of pyridine rings is 1. The standard InChI is InChI=1S/C20H20F2N6O.H2/c1-11-14(6-18(21)22)19-16(25-11)3-2-15(26-19)13-4-5-28-17(13)8-24-20(27-28)23-7-12-9-29-10-12;/h2-5,8,12,14,18H,6-7,9-10H2,1H3,(H,23,27);1H. The maximum absolute atomic E-state index is 13.0. The second-order valence-corrected chi connectivity index (χ2v) is 7.46. The molecule has 5 heterocycles. The van der Waals surface area contributed by atoms with Gasteiger partial charge in [0.15, 0.2) is 0 Å². The summed E-state index contributed by atoms with van der Waals surface area (Å²) >= 11 is 0. The molecule has 1 saturated heterocycles. The smallest absolute Gasteiger partial charge is 0.241 e. The van der Waals surface area contributed by atoms with E-state index in [-0.39, 0.29) is 7.85 Å². The molecule has 0 aliphatic carbocycles. The van der Waals surface area contributed by atoms with Gasteiger partial charge in [0.1, 0.15) is 0 Å². The summed E-state index contributed by atoms with van der Waals surface area (Å²) in [5.74, 6) is 0.604. The third-order valence-electron chi connectivity index (χ3n) is 5.40. The van der Waals surface area contributed by atoms with E-state index in [1.54, 1.807) is 17.6 Å². The van der Waals surface area contributed by atoms with E-state index in [9.17, 15) is 8.78 Å². The molecule has 2 aliphatic heterocycles. The highest BCUT2D eigenvalue weighted by Crippen LogP contribution is 2.39. The van der Waals surface area contributed by atoms with Gasteiger partial charge in [-0.15, -0.1) is 5.10 Å². The van der Waals surface area contributed by atoms with Gasteiger partial charge in [-0.3, -0.25) is 4.99 Å². The molecule has 7 nitrogen and oxygen atoms in total. The minimum absolute atomic E-state index is 0. The Labute approximate surface area is 167 Å². The number of fused-ring (bicyclic) bond motifs is 2. The third-order valence-corrected chi connectivity index (χ3v) is 5.40. The van der Waals surface area contributed by atoms with Gasteiger partial charge in [0, 0.05) is 43.7 Å². The highest BCUT2D eigenvalue weighted by Gasteiger charge is 2.29. The van der Waals surface area contributed by atoms with Gasteiger partial charge < -0.3 is 10.1 Å². The summed E-state index contributed by atoms with van der Waals surface area (Å²) in [7, 11) is 0. The molecule has 3 aromatic rings. The molecule has 0 saturated carbocycles. The van der Waals surface area contributed by atoms with Crippen LogP contribution in [0.25, 0.3) is 16.8 Å². The van der Waals surface area contributed by atoms with Crippen molar-refractivity contribution >= 4 is 22.9 Å². The van der Waals surface area contributed by atoms with E-state index in [2.05, 4.69) is 25.4 Å². The monoisotopic (exact) mass is 400 g/mol. The van der Waals surface area contributed by atoms with Gasteiger partial charge in [-0.2, -0.15) is 0 Å². The zero-order valence-electron chi connectivity index (χ0n) is 15.8. The van der Waals surface area contributed by atoms with E-state index < -0.39 is 12.3 Å². The van der Waals surface area contributed by atoms with Crippen molar-refractivity contribution in [2.75, 3.05) is 25.1 Å². The Morgan fingerprint density at radius 2 is 2.17 bits per heavy atom. The Balaban J connectivity index is 0.00000218. The van der Waals surface area contributed by atoms with Crippen LogP contribution in [0.15, 0.2) is 35.6 Å². The molecule has 1 N–H and O–H groups in total. The first-order valence-corrected chi connectivity index (χ1v) is 9.59. The van der Waals surface area contributed by atoms with Crippen molar-refractivity contribution in [3.05, 3.63) is 36.3 Å². The molecule has 5 rings (SSSR count). The molecule has 1 atom stereocenters. The summed E-state index contributed by atoms with van der Waals surface area (Å²) < 4.78 is 32.9. The molecule has 0 aromatic carbocycles. The number of nitrogens with zero attached hydrogens (tertiary/aromatic N) is 5. The van der Waals surface area contributed by atoms with Gasteiger partial charge in [0.2, 0.25) is 12.4 Å². The lowest BCUT2D eigenvalue weighted by molar-refractivity contribution is -0.0249. The molecule has 0 amide bonds. The molecule has 0 spiro atoms. The van der Waals surface area contributed by atoms with E-state index in [4.69, 9.17) is 4.74 Å². The normalized spacial score (nSPS) is 18.8. The lowest BCUT2D eigenvalue weighted by Gasteiger charge is -2.25. The fraction of sp³-hybridized carbons (Fsp3) is 0.400. The quantitative estimate of drug-likeness (QED) is 0.678. The number of nitrogens with one attached hydrogen (secondary N) is 1. The van der Waals surface area contributed by atoms with Crippen molar-refractivity contribution in [1.82, 2.24) is 19.6 Å². The molecular weight excluding hydrogens is 378 g/mol. The Bertz CT molecular complexity index is 1100. The topological polar surface area (TPSA) is 76.7 Å². The number of rotatable bonds is 6. The first kappa shape index (κ1) is 18.1. The highest BCUT2D eigenvalue weighted by molar-refractivity contribution is 5.96. The van der Waals surface area contributed by atoms with Gasteiger partial charge in [0.05, 0.1) is 42.0 Å². The number of anilines is 1. The van der Waals surface area contributed by atoms with Crippen LogP contribution in [-0.2, 0) is 4.74 Å². The van der Waals surface area contributed by atoms with Crippen molar-refractivity contribution in [1.29, 1.82) is 0 Å². The maximum Gasteiger partial charge on any atom is 0.241 e. The van der Waals surface area contributed by atoms with E-state index >= 15 is 0 Å². The second kappa shape index (κ2) is 7.14. The SMILES string of the molecule is CC1=Nc2ccc(-c3ccn4nc(NCC5COC5)ncc34)nc2C1CC(F)F.[HH]. The van der Waals surface area contributed by atoms with Crippen LogP contribution in [-0.4, -0.2) is 51.5 Å².